The van der Waals surface area contributed by atoms with Gasteiger partial charge in [-0.1, -0.05) is 25.8 Å². The minimum Gasteiger partial charge on any atom is -0.453 e. The van der Waals surface area contributed by atoms with Crippen LogP contribution in [0, 0.1) is 29.3 Å². The molecule has 2 aromatic carbocycles. The first kappa shape index (κ1) is 31.1. The lowest BCUT2D eigenvalue weighted by Crippen LogP contribution is -2.38. The zero-order valence-electron chi connectivity index (χ0n) is 22.1. The Hall–Kier alpha value is -2.89. The maximum atomic E-state index is 14.8. The van der Waals surface area contributed by atoms with Crippen LogP contribution >= 0.6 is 0 Å². The van der Waals surface area contributed by atoms with Gasteiger partial charge in [-0.05, 0) is 68.1 Å². The molecule has 0 aliphatic heterocycles. The number of rotatable bonds is 9. The Morgan fingerprint density at radius 2 is 1.41 bits per heavy atom. The third-order valence-corrected chi connectivity index (χ3v) is 7.75. The third kappa shape index (κ3) is 7.69. The van der Waals surface area contributed by atoms with Crippen LogP contribution in [-0.4, -0.2) is 12.2 Å². The summed E-state index contributed by atoms with van der Waals surface area (Å²) < 4.78 is 140. The smallest absolute Gasteiger partial charge is 0.429 e. The summed E-state index contributed by atoms with van der Waals surface area (Å²) in [6, 6.07) is 3.49. The van der Waals surface area contributed by atoms with Gasteiger partial charge in [-0.25, -0.2) is 13.2 Å². The highest BCUT2D eigenvalue weighted by Crippen LogP contribution is 2.43. The van der Waals surface area contributed by atoms with Crippen LogP contribution in [0.4, 0.5) is 39.5 Å². The summed E-state index contributed by atoms with van der Waals surface area (Å²) in [6.45, 7) is 2.04. The molecule has 2 saturated carbocycles. The maximum absolute atomic E-state index is 14.8. The molecule has 0 aromatic heterocycles. The number of ether oxygens (including phenoxy) is 3. The summed E-state index contributed by atoms with van der Waals surface area (Å²) in [7, 11) is 0. The van der Waals surface area contributed by atoms with Gasteiger partial charge >= 0.3 is 18.3 Å². The molecule has 3 nitrogen and oxygen atoms in total. The van der Waals surface area contributed by atoms with E-state index in [-0.39, 0.29) is 24.3 Å². The highest BCUT2D eigenvalue weighted by Gasteiger charge is 2.44. The van der Waals surface area contributed by atoms with E-state index in [1.807, 2.05) is 6.92 Å². The molecule has 0 bridgehead atoms. The fourth-order valence-electron chi connectivity index (χ4n) is 5.46. The summed E-state index contributed by atoms with van der Waals surface area (Å²) in [5.41, 5.74) is -0.816. The number of alkyl halides is 4. The van der Waals surface area contributed by atoms with Gasteiger partial charge in [0.25, 0.3) is 0 Å². The SMILES string of the molecule is CC1CCC(C(F)(F)OC2CCC(c3ccc(C(F)(F)Oc4cc(F)c(OC=C(F)F)c(F)c4)c(F)c3)CC2)CC1. The molecule has 2 aliphatic rings. The van der Waals surface area contributed by atoms with Gasteiger partial charge in [0, 0.05) is 12.1 Å². The van der Waals surface area contributed by atoms with E-state index in [1.54, 1.807) is 0 Å². The van der Waals surface area contributed by atoms with Gasteiger partial charge in [0.15, 0.2) is 23.6 Å². The first-order valence-electron chi connectivity index (χ1n) is 13.3. The molecule has 2 aromatic rings. The van der Waals surface area contributed by atoms with Crippen LogP contribution in [-0.2, 0) is 10.8 Å². The van der Waals surface area contributed by atoms with Gasteiger partial charge in [0.05, 0.1) is 17.6 Å². The van der Waals surface area contributed by atoms with E-state index in [2.05, 4.69) is 9.47 Å². The highest BCUT2D eigenvalue weighted by atomic mass is 19.3. The first-order chi connectivity index (χ1) is 19.2. The molecule has 2 fully saturated rings. The molecule has 41 heavy (non-hydrogen) atoms. The molecule has 0 N–H and O–H groups in total. The van der Waals surface area contributed by atoms with Crippen LogP contribution in [0.25, 0.3) is 0 Å². The second kappa shape index (κ2) is 12.5. The van der Waals surface area contributed by atoms with Gasteiger partial charge in [-0.3, -0.25) is 0 Å². The van der Waals surface area contributed by atoms with Crippen molar-refractivity contribution in [2.24, 2.45) is 11.8 Å². The minimum absolute atomic E-state index is 0.236. The lowest BCUT2D eigenvalue weighted by Gasteiger charge is -2.36. The quantitative estimate of drug-likeness (QED) is 0.213. The minimum atomic E-state index is -4.36. The molecule has 2 aliphatic carbocycles. The molecule has 0 unspecified atom stereocenters. The van der Waals surface area contributed by atoms with E-state index in [4.69, 9.17) is 4.74 Å². The van der Waals surface area contributed by atoms with E-state index in [1.165, 1.54) is 6.07 Å². The second-order valence-electron chi connectivity index (χ2n) is 10.7. The van der Waals surface area contributed by atoms with Crippen LogP contribution in [0.15, 0.2) is 42.7 Å². The van der Waals surface area contributed by atoms with Crippen LogP contribution in [0.3, 0.4) is 0 Å². The number of benzene rings is 2. The summed E-state index contributed by atoms with van der Waals surface area (Å²) in [5.74, 6) is -7.51. The topological polar surface area (TPSA) is 27.7 Å². The van der Waals surface area contributed by atoms with E-state index in [0.29, 0.717) is 50.0 Å². The van der Waals surface area contributed by atoms with Crippen LogP contribution in [0.1, 0.15) is 75.3 Å². The largest absolute Gasteiger partial charge is 0.453 e. The standard InChI is InChI=1S/C29H29F9O3/c1-16-2-7-19(8-3-16)28(35,36)40-20-9-4-17(5-10-20)18-6-11-22(23(30)12-18)29(37,38)41-21-13-24(31)27(25(32)14-21)39-15-26(33)34/h6,11-17,19-20H,2-5,7-10H2,1H3. The molecule has 0 spiro atoms. The van der Waals surface area contributed by atoms with Crippen molar-refractivity contribution in [2.75, 3.05) is 0 Å². The summed E-state index contributed by atoms with van der Waals surface area (Å²) in [5, 5.41) is 0. The lowest BCUT2D eigenvalue weighted by atomic mass is 9.81. The molecule has 4 rings (SSSR count). The van der Waals surface area contributed by atoms with Crippen molar-refractivity contribution in [3.63, 3.8) is 0 Å². The molecular formula is C29H29F9O3. The van der Waals surface area contributed by atoms with Crippen LogP contribution in [0.2, 0.25) is 0 Å². The summed E-state index contributed by atoms with van der Waals surface area (Å²) >= 11 is 0. The van der Waals surface area contributed by atoms with Crippen molar-refractivity contribution in [3.8, 4) is 11.5 Å². The first-order valence-corrected chi connectivity index (χ1v) is 13.3. The maximum Gasteiger partial charge on any atom is 0.429 e. The Kier molecular flexibility index (Phi) is 9.50. The monoisotopic (exact) mass is 596 g/mol. The fourth-order valence-corrected chi connectivity index (χ4v) is 5.46. The third-order valence-electron chi connectivity index (χ3n) is 7.75. The van der Waals surface area contributed by atoms with E-state index in [0.717, 1.165) is 25.0 Å². The molecule has 0 saturated heterocycles. The average Bonchev–Trinajstić information content (AvgIpc) is 2.88. The molecular weight excluding hydrogens is 567 g/mol. The van der Waals surface area contributed by atoms with Crippen molar-refractivity contribution < 1.29 is 53.7 Å². The predicted octanol–water partition coefficient (Wildman–Crippen LogP) is 9.81. The molecule has 0 amide bonds. The zero-order valence-corrected chi connectivity index (χ0v) is 22.1. The molecule has 12 heteroatoms. The average molecular weight is 597 g/mol. The lowest BCUT2D eigenvalue weighted by molar-refractivity contribution is -0.301. The summed E-state index contributed by atoms with van der Waals surface area (Å²) in [4.78, 5) is 0. The Morgan fingerprint density at radius 1 is 0.805 bits per heavy atom. The van der Waals surface area contributed by atoms with E-state index >= 15 is 0 Å². The van der Waals surface area contributed by atoms with Gasteiger partial charge in [-0.2, -0.15) is 26.3 Å². The van der Waals surface area contributed by atoms with Crippen molar-refractivity contribution in [1.82, 2.24) is 0 Å². The van der Waals surface area contributed by atoms with Gasteiger partial charge < -0.3 is 14.2 Å². The van der Waals surface area contributed by atoms with E-state index in [9.17, 15) is 39.5 Å². The Labute approximate surface area is 231 Å². The van der Waals surface area contributed by atoms with Crippen molar-refractivity contribution in [1.29, 1.82) is 0 Å². The van der Waals surface area contributed by atoms with Gasteiger partial charge in [0.2, 0.25) is 0 Å². The van der Waals surface area contributed by atoms with E-state index < -0.39 is 64.8 Å². The zero-order chi connectivity index (χ0) is 29.9. The number of hydrogen-bond acceptors (Lipinski definition) is 3. The number of halogens is 9. The molecule has 226 valence electrons. The highest BCUT2D eigenvalue weighted by molar-refractivity contribution is 5.36. The van der Waals surface area contributed by atoms with Crippen LogP contribution < -0.4 is 9.47 Å². The molecule has 0 radical (unpaired) electrons. The Morgan fingerprint density at radius 3 is 1.98 bits per heavy atom. The fraction of sp³-hybridized carbons (Fsp3) is 0.517. The van der Waals surface area contributed by atoms with Crippen LogP contribution in [0.5, 0.6) is 11.5 Å². The van der Waals surface area contributed by atoms with Gasteiger partial charge in [-0.15, -0.1) is 0 Å². The van der Waals surface area contributed by atoms with Crippen molar-refractivity contribution in [2.45, 2.75) is 82.5 Å². The second-order valence-corrected chi connectivity index (χ2v) is 10.7. The van der Waals surface area contributed by atoms with Crippen molar-refractivity contribution >= 4 is 0 Å². The Balaban J connectivity index is 1.37. The van der Waals surface area contributed by atoms with Gasteiger partial charge in [0.1, 0.15) is 11.6 Å². The molecule has 0 heterocycles. The summed E-state index contributed by atoms with van der Waals surface area (Å²) in [6.07, 6.45) is -7.19. The van der Waals surface area contributed by atoms with Crippen molar-refractivity contribution in [3.05, 3.63) is 71.3 Å². The molecule has 0 atom stereocenters. The normalized spacial score (nSPS) is 23.7. The Bertz CT molecular complexity index is 1210. The number of hydrogen-bond donors (Lipinski definition) is 0. The predicted molar refractivity (Wildman–Crippen MR) is 130 cm³/mol.